The van der Waals surface area contributed by atoms with Crippen molar-refractivity contribution in [1.82, 2.24) is 0 Å². The summed E-state index contributed by atoms with van der Waals surface area (Å²) in [5, 5.41) is 27.1. The maximum Gasteiger partial charge on any atom is 0.309 e. The van der Waals surface area contributed by atoms with Crippen molar-refractivity contribution in [3.05, 3.63) is 0 Å². The van der Waals surface area contributed by atoms with Crippen molar-refractivity contribution in [3.8, 4) is 0 Å². The molecule has 0 unspecified atom stereocenters. The first kappa shape index (κ1) is 19.6. The van der Waals surface area contributed by atoms with E-state index in [1.807, 2.05) is 0 Å². The van der Waals surface area contributed by atoms with E-state index in [0.717, 1.165) is 32.1 Å². The van der Waals surface area contributed by atoms with Gasteiger partial charge in [0.05, 0.1) is 18.4 Å². The molecule has 122 valence electrons. The number of hydrogen-bond acceptors (Lipinski definition) is 4. The molecule has 0 aromatic rings. The zero-order valence-corrected chi connectivity index (χ0v) is 12.6. The lowest BCUT2D eigenvalue weighted by atomic mass is 9.93. The Balaban J connectivity index is 3.77. The highest BCUT2D eigenvalue weighted by molar-refractivity contribution is 5.75. The minimum Gasteiger partial charge on any atom is -0.481 e. The molecule has 6 heteroatoms. The second-order valence-electron chi connectivity index (χ2n) is 5.47. The minimum absolute atomic E-state index is 0.201. The molecule has 6 nitrogen and oxygen atoms in total. The van der Waals surface area contributed by atoms with Crippen LogP contribution in [0, 0.1) is 5.92 Å². The molecular weight excluding hydrogens is 276 g/mol. The fraction of sp³-hybridized carbons (Fsp3) is 0.800. The lowest BCUT2D eigenvalue weighted by molar-refractivity contribution is -0.148. The third-order valence-electron chi connectivity index (χ3n) is 3.46. The number of aliphatic hydroxyl groups excluding tert-OH is 1. The monoisotopic (exact) mass is 302 g/mol. The maximum absolute atomic E-state index is 11.0. The van der Waals surface area contributed by atoms with Gasteiger partial charge in [-0.15, -0.1) is 0 Å². The third-order valence-corrected chi connectivity index (χ3v) is 3.46. The molecular formula is C15H26O6. The molecule has 0 aliphatic carbocycles. The summed E-state index contributed by atoms with van der Waals surface area (Å²) in [6.07, 6.45) is 4.37. The number of rotatable bonds is 13. The molecule has 2 atom stereocenters. The molecule has 0 radical (unpaired) electrons. The number of carbonyl (C=O) groups is 3. The highest BCUT2D eigenvalue weighted by Crippen LogP contribution is 2.18. The Kier molecular flexibility index (Phi) is 10.5. The molecule has 3 N–H and O–H groups in total. The Labute approximate surface area is 125 Å². The van der Waals surface area contributed by atoms with Crippen LogP contribution in [0.25, 0.3) is 0 Å². The Bertz CT molecular complexity index is 339. The van der Waals surface area contributed by atoms with E-state index in [0.29, 0.717) is 12.8 Å². The van der Waals surface area contributed by atoms with E-state index in [2.05, 4.69) is 0 Å². The van der Waals surface area contributed by atoms with Gasteiger partial charge in [0.25, 0.3) is 0 Å². The smallest absolute Gasteiger partial charge is 0.309 e. The molecule has 0 aliphatic rings. The summed E-state index contributed by atoms with van der Waals surface area (Å²) in [5.41, 5.74) is 0. The van der Waals surface area contributed by atoms with Gasteiger partial charge in [-0.25, -0.2) is 0 Å². The number of unbranched alkanes of at least 4 members (excludes halogenated alkanes) is 5. The van der Waals surface area contributed by atoms with Crippen molar-refractivity contribution in [1.29, 1.82) is 0 Å². The standard InChI is InChI=1S/C15H26O6/c1-11(16)8-6-4-2-3-5-7-9-12(15(20)21)13(17)10-14(18)19/h12-13,17H,2-10H2,1H3,(H,18,19)(H,20,21)/t12-,13+/m1/s1. The number of ketones is 1. The molecule has 0 fully saturated rings. The van der Waals surface area contributed by atoms with Crippen molar-refractivity contribution in [2.75, 3.05) is 0 Å². The summed E-state index contributed by atoms with van der Waals surface area (Å²) < 4.78 is 0. The van der Waals surface area contributed by atoms with Gasteiger partial charge in [0.2, 0.25) is 0 Å². The van der Waals surface area contributed by atoms with Crippen molar-refractivity contribution < 1.29 is 29.7 Å². The number of aliphatic carboxylic acids is 2. The fourth-order valence-electron chi connectivity index (χ4n) is 2.25. The highest BCUT2D eigenvalue weighted by atomic mass is 16.4. The summed E-state index contributed by atoms with van der Waals surface area (Å²) in [6, 6.07) is 0. The average Bonchev–Trinajstić information content (AvgIpc) is 2.34. The second kappa shape index (κ2) is 11.3. The van der Waals surface area contributed by atoms with E-state index in [1.54, 1.807) is 6.92 Å². The molecule has 0 heterocycles. The van der Waals surface area contributed by atoms with Crippen LogP contribution < -0.4 is 0 Å². The van der Waals surface area contributed by atoms with Gasteiger partial charge in [-0.05, 0) is 19.8 Å². The van der Waals surface area contributed by atoms with Crippen LogP contribution in [0.2, 0.25) is 0 Å². The Morgan fingerprint density at radius 3 is 1.90 bits per heavy atom. The molecule has 0 saturated carbocycles. The molecule has 0 saturated heterocycles. The van der Waals surface area contributed by atoms with Gasteiger partial charge in [0.15, 0.2) is 0 Å². The number of carboxylic acid groups (broad SMARTS) is 2. The average molecular weight is 302 g/mol. The van der Waals surface area contributed by atoms with Crippen LogP contribution in [0.15, 0.2) is 0 Å². The summed E-state index contributed by atoms with van der Waals surface area (Å²) >= 11 is 0. The zero-order chi connectivity index (χ0) is 16.3. The van der Waals surface area contributed by atoms with E-state index < -0.39 is 30.4 Å². The number of carboxylic acids is 2. The summed E-state index contributed by atoms with van der Waals surface area (Å²) in [6.45, 7) is 1.58. The molecule has 0 bridgehead atoms. The summed E-state index contributed by atoms with van der Waals surface area (Å²) in [5.74, 6) is -3.16. The molecule has 0 aromatic heterocycles. The van der Waals surface area contributed by atoms with E-state index in [4.69, 9.17) is 10.2 Å². The molecule has 0 aromatic carbocycles. The van der Waals surface area contributed by atoms with Crippen molar-refractivity contribution in [2.45, 2.75) is 70.8 Å². The van der Waals surface area contributed by atoms with Crippen LogP contribution in [0.3, 0.4) is 0 Å². The van der Waals surface area contributed by atoms with Crippen molar-refractivity contribution >= 4 is 17.7 Å². The van der Waals surface area contributed by atoms with Crippen LogP contribution in [0.5, 0.6) is 0 Å². The number of carbonyl (C=O) groups excluding carboxylic acids is 1. The lowest BCUT2D eigenvalue weighted by Gasteiger charge is -2.17. The fourth-order valence-corrected chi connectivity index (χ4v) is 2.25. The summed E-state index contributed by atoms with van der Waals surface area (Å²) in [7, 11) is 0. The van der Waals surface area contributed by atoms with Gasteiger partial charge < -0.3 is 20.1 Å². The minimum atomic E-state index is -1.34. The van der Waals surface area contributed by atoms with Gasteiger partial charge >= 0.3 is 11.9 Å². The van der Waals surface area contributed by atoms with E-state index in [-0.39, 0.29) is 12.2 Å². The van der Waals surface area contributed by atoms with Crippen LogP contribution in [-0.2, 0) is 14.4 Å². The molecule has 0 rings (SSSR count). The SMILES string of the molecule is CC(=O)CCCCCCCC[C@@H](C(=O)O)[C@@H](O)CC(=O)O. The van der Waals surface area contributed by atoms with Crippen molar-refractivity contribution in [3.63, 3.8) is 0 Å². The quantitative estimate of drug-likeness (QED) is 0.450. The van der Waals surface area contributed by atoms with E-state index >= 15 is 0 Å². The molecule has 21 heavy (non-hydrogen) atoms. The van der Waals surface area contributed by atoms with Gasteiger partial charge in [-0.2, -0.15) is 0 Å². The maximum atomic E-state index is 11.0. The first-order valence-electron chi connectivity index (χ1n) is 7.46. The lowest BCUT2D eigenvalue weighted by Crippen LogP contribution is -2.30. The third kappa shape index (κ3) is 11.0. The molecule has 0 aliphatic heterocycles. The van der Waals surface area contributed by atoms with E-state index in [9.17, 15) is 19.5 Å². The summed E-state index contributed by atoms with van der Waals surface area (Å²) in [4.78, 5) is 32.2. The number of aliphatic hydroxyl groups is 1. The van der Waals surface area contributed by atoms with Crippen LogP contribution in [0.1, 0.15) is 64.7 Å². The highest BCUT2D eigenvalue weighted by Gasteiger charge is 2.27. The predicted molar refractivity (Wildman–Crippen MR) is 77.0 cm³/mol. The number of hydrogen-bond donors (Lipinski definition) is 3. The second-order valence-corrected chi connectivity index (χ2v) is 5.47. The Hall–Kier alpha value is -1.43. The van der Waals surface area contributed by atoms with E-state index in [1.165, 1.54) is 0 Å². The zero-order valence-electron chi connectivity index (χ0n) is 12.6. The first-order valence-corrected chi connectivity index (χ1v) is 7.46. The van der Waals surface area contributed by atoms with Gasteiger partial charge in [-0.1, -0.05) is 32.1 Å². The first-order chi connectivity index (χ1) is 9.84. The largest absolute Gasteiger partial charge is 0.481 e. The topological polar surface area (TPSA) is 112 Å². The molecule has 0 spiro atoms. The van der Waals surface area contributed by atoms with Crippen molar-refractivity contribution in [2.24, 2.45) is 5.92 Å². The van der Waals surface area contributed by atoms with Gasteiger partial charge in [0.1, 0.15) is 5.78 Å². The number of Topliss-reactive ketones (excluding diaryl/α,β-unsaturated/α-hetero) is 1. The van der Waals surface area contributed by atoms with Crippen LogP contribution in [0.4, 0.5) is 0 Å². The van der Waals surface area contributed by atoms with Crippen LogP contribution >= 0.6 is 0 Å². The Morgan fingerprint density at radius 2 is 1.43 bits per heavy atom. The predicted octanol–water partition coefficient (Wildman–Crippen LogP) is 2.23. The normalized spacial score (nSPS) is 13.6. The van der Waals surface area contributed by atoms with Crippen LogP contribution in [-0.4, -0.2) is 39.1 Å². The molecule has 0 amide bonds. The Morgan fingerprint density at radius 1 is 0.905 bits per heavy atom. The van der Waals surface area contributed by atoms with Gasteiger partial charge in [0, 0.05) is 6.42 Å². The van der Waals surface area contributed by atoms with Gasteiger partial charge in [-0.3, -0.25) is 9.59 Å².